The Hall–Kier alpha value is -2.67. The summed E-state index contributed by atoms with van der Waals surface area (Å²) in [5.74, 6) is -0.613. The molecule has 202 valence electrons. The smallest absolute Gasteiger partial charge is 0.436 e. The highest BCUT2D eigenvalue weighted by atomic mass is 32.2. The average Bonchev–Trinajstić information content (AvgIpc) is 3.27. The van der Waals surface area contributed by atoms with Crippen molar-refractivity contribution in [1.29, 1.82) is 0 Å². The van der Waals surface area contributed by atoms with E-state index in [0.29, 0.717) is 28.5 Å². The predicted molar refractivity (Wildman–Crippen MR) is 126 cm³/mol. The highest BCUT2D eigenvalue weighted by Crippen LogP contribution is 2.69. The second-order valence-electron chi connectivity index (χ2n) is 10.8. The number of halogens is 3. The summed E-state index contributed by atoms with van der Waals surface area (Å²) in [6, 6.07) is 11.0. The summed E-state index contributed by atoms with van der Waals surface area (Å²) in [5.41, 5.74) is -5.40. The standard InChI is InChI=1S/C26H24F3NO7S/c1-33-25(24(36-37-25)17-9-14-8-15(11-17)12-18(24)10-14)16-6-7-19(22(13-16)35-38(31,32)26(27,28)29)23-30-20-4-2-3-5-21(20)34-23/h2-7,13-15,17-18H,8-12H2,1H3. The molecule has 38 heavy (non-hydrogen) atoms. The molecule has 3 aromatic rings. The van der Waals surface area contributed by atoms with E-state index in [-0.39, 0.29) is 23.3 Å². The Morgan fingerprint density at radius 1 is 0.974 bits per heavy atom. The second-order valence-corrected chi connectivity index (χ2v) is 12.3. The fraction of sp³-hybridized carbons (Fsp3) is 0.500. The fourth-order valence-corrected chi connectivity index (χ4v) is 7.95. The predicted octanol–water partition coefficient (Wildman–Crippen LogP) is 5.68. The summed E-state index contributed by atoms with van der Waals surface area (Å²) >= 11 is 0. The van der Waals surface area contributed by atoms with Gasteiger partial charge in [-0.05, 0) is 80.0 Å². The SMILES string of the molecule is COC1(c2ccc(-c3nc4ccccc4o3)c(OS(=O)(=O)C(F)(F)F)c2)OOC12C1CC3CC(C1)CC2C3. The number of rotatable bonds is 5. The highest BCUT2D eigenvalue weighted by Gasteiger charge is 2.76. The Labute approximate surface area is 216 Å². The third kappa shape index (κ3) is 3.20. The van der Waals surface area contributed by atoms with Gasteiger partial charge < -0.3 is 13.3 Å². The summed E-state index contributed by atoms with van der Waals surface area (Å²) in [7, 11) is -4.55. The number of hydrogen-bond donors (Lipinski definition) is 0. The number of para-hydroxylation sites is 2. The molecule has 4 saturated carbocycles. The van der Waals surface area contributed by atoms with Crippen LogP contribution >= 0.6 is 0 Å². The number of ether oxygens (including phenoxy) is 1. The van der Waals surface area contributed by atoms with Gasteiger partial charge in [0, 0.05) is 12.7 Å². The van der Waals surface area contributed by atoms with E-state index in [9.17, 15) is 21.6 Å². The molecule has 2 heterocycles. The van der Waals surface area contributed by atoms with Crippen LogP contribution in [0.15, 0.2) is 46.9 Å². The van der Waals surface area contributed by atoms with Crippen LogP contribution in [0.1, 0.15) is 37.7 Å². The van der Waals surface area contributed by atoms with Crippen LogP contribution in [0.5, 0.6) is 5.75 Å². The Morgan fingerprint density at radius 2 is 1.66 bits per heavy atom. The van der Waals surface area contributed by atoms with Gasteiger partial charge in [0.2, 0.25) is 5.89 Å². The van der Waals surface area contributed by atoms with E-state index >= 15 is 0 Å². The molecule has 0 amide bonds. The Bertz CT molecular complexity index is 1470. The van der Waals surface area contributed by atoms with Crippen molar-refractivity contribution >= 4 is 21.2 Å². The van der Waals surface area contributed by atoms with Crippen LogP contribution in [-0.2, 0) is 30.4 Å². The largest absolute Gasteiger partial charge is 0.534 e. The monoisotopic (exact) mass is 551 g/mol. The molecule has 8 rings (SSSR count). The molecule has 1 unspecified atom stereocenters. The lowest BCUT2D eigenvalue weighted by molar-refractivity contribution is -0.645. The van der Waals surface area contributed by atoms with Crippen molar-refractivity contribution in [3.05, 3.63) is 48.0 Å². The molecule has 0 N–H and O–H groups in total. The number of nitrogens with zero attached hydrogens (tertiary/aromatic N) is 1. The maximum absolute atomic E-state index is 13.4. The third-order valence-electron chi connectivity index (χ3n) is 8.82. The first-order valence-electron chi connectivity index (χ1n) is 12.5. The summed E-state index contributed by atoms with van der Waals surface area (Å²) in [4.78, 5) is 15.9. The minimum atomic E-state index is -6.00. The van der Waals surface area contributed by atoms with Crippen molar-refractivity contribution in [2.45, 2.75) is 49.0 Å². The molecule has 1 saturated heterocycles. The van der Waals surface area contributed by atoms with Gasteiger partial charge in [-0.15, -0.1) is 0 Å². The van der Waals surface area contributed by atoms with E-state index < -0.39 is 32.8 Å². The van der Waals surface area contributed by atoms with Crippen LogP contribution in [-0.4, -0.2) is 31.6 Å². The quantitative estimate of drug-likeness (QED) is 0.227. The second kappa shape index (κ2) is 7.93. The first kappa shape index (κ1) is 24.4. The number of methoxy groups -OCH3 is 1. The molecule has 1 atom stereocenters. The van der Waals surface area contributed by atoms with E-state index in [2.05, 4.69) is 9.17 Å². The molecule has 8 nitrogen and oxygen atoms in total. The number of aromatic nitrogens is 1. The van der Waals surface area contributed by atoms with Crippen molar-refractivity contribution in [3.63, 3.8) is 0 Å². The minimum absolute atomic E-state index is 0.0663. The molecular weight excluding hydrogens is 527 g/mol. The molecule has 0 radical (unpaired) electrons. The van der Waals surface area contributed by atoms with Crippen LogP contribution in [0.4, 0.5) is 13.2 Å². The van der Waals surface area contributed by atoms with Crippen LogP contribution in [0.2, 0.25) is 0 Å². The van der Waals surface area contributed by atoms with E-state index in [0.717, 1.165) is 25.7 Å². The Balaban J connectivity index is 1.36. The molecule has 4 aliphatic carbocycles. The van der Waals surface area contributed by atoms with Gasteiger partial charge >= 0.3 is 15.6 Å². The third-order valence-corrected chi connectivity index (χ3v) is 9.78. The van der Waals surface area contributed by atoms with Crippen molar-refractivity contribution < 1.29 is 44.7 Å². The van der Waals surface area contributed by atoms with Crippen molar-refractivity contribution in [1.82, 2.24) is 4.98 Å². The van der Waals surface area contributed by atoms with Gasteiger partial charge in [0.15, 0.2) is 16.9 Å². The molecule has 4 bridgehead atoms. The normalized spacial score (nSPS) is 34.1. The molecule has 1 aliphatic heterocycles. The maximum Gasteiger partial charge on any atom is 0.534 e. The van der Waals surface area contributed by atoms with Crippen molar-refractivity contribution in [2.75, 3.05) is 7.11 Å². The van der Waals surface area contributed by atoms with Gasteiger partial charge in [0.1, 0.15) is 5.52 Å². The van der Waals surface area contributed by atoms with Gasteiger partial charge in [-0.1, -0.05) is 18.2 Å². The summed E-state index contributed by atoms with van der Waals surface area (Å²) < 4.78 is 80.7. The van der Waals surface area contributed by atoms with Crippen LogP contribution in [0.3, 0.4) is 0 Å². The Morgan fingerprint density at radius 3 is 2.24 bits per heavy atom. The van der Waals surface area contributed by atoms with Gasteiger partial charge in [-0.3, -0.25) is 0 Å². The lowest BCUT2D eigenvalue weighted by Crippen LogP contribution is -2.76. The fourth-order valence-electron chi connectivity index (χ4n) is 7.48. The zero-order chi connectivity index (χ0) is 26.5. The van der Waals surface area contributed by atoms with E-state index in [1.165, 1.54) is 25.7 Å². The first-order valence-corrected chi connectivity index (χ1v) is 13.9. The van der Waals surface area contributed by atoms with E-state index in [4.69, 9.17) is 18.9 Å². The first-order chi connectivity index (χ1) is 18.1. The van der Waals surface area contributed by atoms with Crippen molar-refractivity contribution in [2.24, 2.45) is 23.7 Å². The van der Waals surface area contributed by atoms with Gasteiger partial charge in [0.25, 0.3) is 5.79 Å². The van der Waals surface area contributed by atoms with Crippen LogP contribution in [0.25, 0.3) is 22.6 Å². The van der Waals surface area contributed by atoms with Crippen LogP contribution < -0.4 is 4.18 Å². The van der Waals surface area contributed by atoms with Crippen LogP contribution in [0, 0.1) is 23.7 Å². The van der Waals surface area contributed by atoms with Gasteiger partial charge in [0.05, 0.1) is 5.56 Å². The van der Waals surface area contributed by atoms with E-state index in [1.54, 1.807) is 30.3 Å². The summed E-state index contributed by atoms with van der Waals surface area (Å²) in [5, 5.41) is 0. The highest BCUT2D eigenvalue weighted by molar-refractivity contribution is 7.88. The number of oxazole rings is 1. The van der Waals surface area contributed by atoms with Gasteiger partial charge in [-0.25, -0.2) is 9.87 Å². The lowest BCUT2D eigenvalue weighted by Gasteiger charge is -2.68. The number of benzene rings is 2. The minimum Gasteiger partial charge on any atom is -0.436 e. The van der Waals surface area contributed by atoms with Crippen molar-refractivity contribution in [3.8, 4) is 17.2 Å². The molecule has 12 heteroatoms. The van der Waals surface area contributed by atoms with E-state index in [1.807, 2.05) is 0 Å². The zero-order valence-electron chi connectivity index (χ0n) is 20.2. The average molecular weight is 552 g/mol. The lowest BCUT2D eigenvalue weighted by atomic mass is 9.47. The molecular formula is C26H24F3NO7S. The maximum atomic E-state index is 13.4. The number of fused-ring (bicyclic) bond motifs is 1. The van der Waals surface area contributed by atoms with Gasteiger partial charge in [-0.2, -0.15) is 26.5 Å². The topological polar surface area (TPSA) is 97.1 Å². The summed E-state index contributed by atoms with van der Waals surface area (Å²) in [6.07, 6.45) is 5.02. The number of alkyl halides is 3. The molecule has 1 aromatic heterocycles. The zero-order valence-corrected chi connectivity index (χ0v) is 21.0. The summed E-state index contributed by atoms with van der Waals surface area (Å²) in [6.45, 7) is 0. The Kier molecular flexibility index (Phi) is 5.09. The molecule has 2 aromatic carbocycles. The number of hydrogen-bond acceptors (Lipinski definition) is 8. The molecule has 1 spiro atoms. The molecule has 5 fully saturated rings. The molecule has 5 aliphatic rings.